The number of hydrogen-bond donors (Lipinski definition) is 1. The molecule has 0 aliphatic heterocycles. The van der Waals surface area contributed by atoms with Crippen molar-refractivity contribution in [3.63, 3.8) is 0 Å². The Morgan fingerprint density at radius 2 is 2.00 bits per heavy atom. The summed E-state index contributed by atoms with van der Waals surface area (Å²) in [5.74, 6) is 0.665. The van der Waals surface area contributed by atoms with E-state index in [0.717, 1.165) is 11.3 Å². The number of rotatable bonds is 2. The first-order chi connectivity index (χ1) is 10.1. The summed E-state index contributed by atoms with van der Waals surface area (Å²) in [4.78, 5) is 20.1. The number of aromatic nitrogens is 3. The first-order valence-corrected chi connectivity index (χ1v) is 6.64. The van der Waals surface area contributed by atoms with E-state index in [1.807, 2.05) is 32.0 Å². The first kappa shape index (κ1) is 13.1. The van der Waals surface area contributed by atoms with Crippen LogP contribution < -0.4 is 5.56 Å². The predicted octanol–water partition coefficient (Wildman–Crippen LogP) is 2.26. The fourth-order valence-electron chi connectivity index (χ4n) is 2.39. The van der Waals surface area contributed by atoms with Crippen LogP contribution in [0.3, 0.4) is 0 Å². The Morgan fingerprint density at radius 1 is 1.29 bits per heavy atom. The standard InChI is InChI=1S/C16H14N4O/c1-10-7-14-15(18-10)19-11(2)20(16(14)21)9-13-5-3-12(8-17)4-6-13/h3-7,18H,9H2,1-2H3. The zero-order valence-corrected chi connectivity index (χ0v) is 11.8. The van der Waals surface area contributed by atoms with Gasteiger partial charge in [0.2, 0.25) is 0 Å². The number of nitrogens with one attached hydrogen (secondary N) is 1. The fourth-order valence-corrected chi connectivity index (χ4v) is 2.39. The number of H-pyrrole nitrogens is 1. The largest absolute Gasteiger partial charge is 0.343 e. The number of aromatic amines is 1. The number of aryl methyl sites for hydroxylation is 2. The smallest absolute Gasteiger partial charge is 0.263 e. The van der Waals surface area contributed by atoms with Gasteiger partial charge >= 0.3 is 0 Å². The minimum absolute atomic E-state index is 0.0498. The van der Waals surface area contributed by atoms with Crippen molar-refractivity contribution in [3.05, 3.63) is 63.3 Å². The van der Waals surface area contributed by atoms with Crippen molar-refractivity contribution in [2.45, 2.75) is 20.4 Å². The van der Waals surface area contributed by atoms with Crippen molar-refractivity contribution < 1.29 is 0 Å². The van der Waals surface area contributed by atoms with Gasteiger partial charge in [-0.05, 0) is 37.6 Å². The topological polar surface area (TPSA) is 74.5 Å². The van der Waals surface area contributed by atoms with E-state index in [4.69, 9.17) is 5.26 Å². The summed E-state index contributed by atoms with van der Waals surface area (Å²) in [6.45, 7) is 4.17. The monoisotopic (exact) mass is 278 g/mol. The highest BCUT2D eigenvalue weighted by atomic mass is 16.1. The van der Waals surface area contributed by atoms with E-state index < -0.39 is 0 Å². The van der Waals surface area contributed by atoms with Crippen LogP contribution in [0.1, 0.15) is 22.6 Å². The Bertz CT molecular complexity index is 910. The molecule has 0 unspecified atom stereocenters. The van der Waals surface area contributed by atoms with Crippen LogP contribution in [0.4, 0.5) is 0 Å². The van der Waals surface area contributed by atoms with Crippen LogP contribution in [-0.4, -0.2) is 14.5 Å². The van der Waals surface area contributed by atoms with Crippen LogP contribution in [0.15, 0.2) is 35.1 Å². The summed E-state index contributed by atoms with van der Waals surface area (Å²) >= 11 is 0. The highest BCUT2D eigenvalue weighted by Gasteiger charge is 2.10. The molecule has 1 aromatic carbocycles. The van der Waals surface area contributed by atoms with Crippen molar-refractivity contribution in [2.75, 3.05) is 0 Å². The number of nitrogens with zero attached hydrogens (tertiary/aromatic N) is 3. The number of hydrogen-bond acceptors (Lipinski definition) is 3. The maximum absolute atomic E-state index is 12.5. The number of fused-ring (bicyclic) bond motifs is 1. The van der Waals surface area contributed by atoms with Gasteiger partial charge in [0.1, 0.15) is 11.5 Å². The summed E-state index contributed by atoms with van der Waals surface area (Å²) < 4.78 is 1.65. The van der Waals surface area contributed by atoms with E-state index in [1.165, 1.54) is 0 Å². The molecule has 5 heteroatoms. The summed E-state index contributed by atoms with van der Waals surface area (Å²) in [6.07, 6.45) is 0. The second-order valence-corrected chi connectivity index (χ2v) is 5.07. The molecule has 2 aromatic heterocycles. The van der Waals surface area contributed by atoms with Gasteiger partial charge in [-0.2, -0.15) is 5.26 Å². The minimum atomic E-state index is -0.0498. The van der Waals surface area contributed by atoms with Crippen LogP contribution >= 0.6 is 0 Å². The van der Waals surface area contributed by atoms with E-state index in [1.54, 1.807) is 16.7 Å². The quantitative estimate of drug-likeness (QED) is 0.781. The molecule has 2 heterocycles. The van der Waals surface area contributed by atoms with E-state index in [-0.39, 0.29) is 5.56 Å². The van der Waals surface area contributed by atoms with E-state index >= 15 is 0 Å². The van der Waals surface area contributed by atoms with Gasteiger partial charge in [0.25, 0.3) is 5.56 Å². The average molecular weight is 278 g/mol. The number of benzene rings is 1. The maximum atomic E-state index is 12.5. The van der Waals surface area contributed by atoms with E-state index in [0.29, 0.717) is 29.0 Å². The molecule has 0 radical (unpaired) electrons. The van der Waals surface area contributed by atoms with Crippen LogP contribution in [0, 0.1) is 25.2 Å². The van der Waals surface area contributed by atoms with Crippen molar-refractivity contribution in [2.24, 2.45) is 0 Å². The molecule has 0 aliphatic carbocycles. The van der Waals surface area contributed by atoms with Crippen LogP contribution in [0.25, 0.3) is 11.0 Å². The summed E-state index contributed by atoms with van der Waals surface area (Å²) in [5.41, 5.74) is 3.08. The lowest BCUT2D eigenvalue weighted by molar-refractivity contribution is 0.712. The molecular formula is C16H14N4O. The second kappa shape index (κ2) is 4.91. The molecule has 0 atom stereocenters. The third-order valence-corrected chi connectivity index (χ3v) is 3.50. The molecule has 3 aromatic rings. The lowest BCUT2D eigenvalue weighted by atomic mass is 10.1. The van der Waals surface area contributed by atoms with Gasteiger partial charge < -0.3 is 4.98 Å². The Labute approximate surface area is 121 Å². The normalized spacial score (nSPS) is 10.7. The molecule has 5 nitrogen and oxygen atoms in total. The average Bonchev–Trinajstić information content (AvgIpc) is 2.85. The summed E-state index contributed by atoms with van der Waals surface area (Å²) in [7, 11) is 0. The second-order valence-electron chi connectivity index (χ2n) is 5.07. The molecule has 1 N–H and O–H groups in total. The van der Waals surface area contributed by atoms with Crippen molar-refractivity contribution in [3.8, 4) is 6.07 Å². The molecule has 0 spiro atoms. The van der Waals surface area contributed by atoms with Gasteiger partial charge in [-0.3, -0.25) is 9.36 Å². The minimum Gasteiger partial charge on any atom is -0.343 e. The van der Waals surface area contributed by atoms with Crippen molar-refractivity contribution in [1.29, 1.82) is 5.26 Å². The zero-order chi connectivity index (χ0) is 15.0. The molecule has 0 amide bonds. The zero-order valence-electron chi connectivity index (χ0n) is 11.8. The highest BCUT2D eigenvalue weighted by molar-refractivity contribution is 5.75. The third-order valence-electron chi connectivity index (χ3n) is 3.50. The SMILES string of the molecule is Cc1cc2c(=O)n(Cc3ccc(C#N)cc3)c(C)nc2[nH]1. The molecule has 0 saturated carbocycles. The van der Waals surface area contributed by atoms with E-state index in [9.17, 15) is 4.79 Å². The molecule has 0 aliphatic rings. The van der Waals surface area contributed by atoms with E-state index in [2.05, 4.69) is 16.0 Å². The van der Waals surface area contributed by atoms with Crippen LogP contribution in [0.2, 0.25) is 0 Å². The number of nitriles is 1. The molecule has 0 fully saturated rings. The van der Waals surface area contributed by atoms with Crippen LogP contribution in [-0.2, 0) is 6.54 Å². The lowest BCUT2D eigenvalue weighted by Crippen LogP contribution is -2.24. The first-order valence-electron chi connectivity index (χ1n) is 6.64. The van der Waals surface area contributed by atoms with Gasteiger partial charge in [-0.15, -0.1) is 0 Å². The molecule has 21 heavy (non-hydrogen) atoms. The molecule has 104 valence electrons. The third kappa shape index (κ3) is 2.32. The molecule has 3 rings (SSSR count). The fraction of sp³-hybridized carbons (Fsp3) is 0.188. The Morgan fingerprint density at radius 3 is 2.67 bits per heavy atom. The van der Waals surface area contributed by atoms with Crippen molar-refractivity contribution in [1.82, 2.24) is 14.5 Å². The molecular weight excluding hydrogens is 264 g/mol. The Balaban J connectivity index is 2.07. The van der Waals surface area contributed by atoms with Gasteiger partial charge in [0, 0.05) is 5.69 Å². The molecule has 0 saturated heterocycles. The Kier molecular flexibility index (Phi) is 3.07. The van der Waals surface area contributed by atoms with Gasteiger partial charge in [0.05, 0.1) is 23.6 Å². The highest BCUT2D eigenvalue weighted by Crippen LogP contribution is 2.11. The van der Waals surface area contributed by atoms with Gasteiger partial charge in [-0.25, -0.2) is 4.98 Å². The summed E-state index contributed by atoms with van der Waals surface area (Å²) in [6, 6.07) is 11.1. The lowest BCUT2D eigenvalue weighted by Gasteiger charge is -2.09. The Hall–Kier alpha value is -2.87. The van der Waals surface area contributed by atoms with Gasteiger partial charge in [-0.1, -0.05) is 12.1 Å². The molecule has 0 bridgehead atoms. The maximum Gasteiger partial charge on any atom is 0.263 e. The van der Waals surface area contributed by atoms with Crippen molar-refractivity contribution >= 4 is 11.0 Å². The van der Waals surface area contributed by atoms with Crippen LogP contribution in [0.5, 0.6) is 0 Å². The summed E-state index contributed by atoms with van der Waals surface area (Å²) in [5, 5.41) is 9.41. The van der Waals surface area contributed by atoms with Gasteiger partial charge in [0.15, 0.2) is 0 Å². The predicted molar refractivity (Wildman–Crippen MR) is 80.1 cm³/mol.